The molecular weight excluding hydrogens is 311 g/mol. The maximum atomic E-state index is 12.8. The van der Waals surface area contributed by atoms with Crippen LogP contribution >= 0.6 is 0 Å². The number of aromatic nitrogens is 1. The normalized spacial score (nSPS) is 11.4. The van der Waals surface area contributed by atoms with E-state index in [1.807, 2.05) is 0 Å². The lowest BCUT2D eigenvalue weighted by Crippen LogP contribution is -2.22. The van der Waals surface area contributed by atoms with Crippen molar-refractivity contribution in [2.45, 2.75) is 12.2 Å². The molecule has 8 heteroatoms. The van der Waals surface area contributed by atoms with Gasteiger partial charge in [0.25, 0.3) is 0 Å². The van der Waals surface area contributed by atoms with Gasteiger partial charge >= 0.3 is 0 Å². The fourth-order valence-electron chi connectivity index (χ4n) is 1.77. The lowest BCUT2D eigenvalue weighted by Gasteiger charge is -2.01. The van der Waals surface area contributed by atoms with Crippen molar-refractivity contribution in [2.24, 2.45) is 0 Å². The molecule has 0 aliphatic heterocycles. The summed E-state index contributed by atoms with van der Waals surface area (Å²) in [6.45, 7) is 0. The number of nitrogens with zero attached hydrogens (tertiary/aromatic N) is 1. The molecule has 0 aliphatic carbocycles. The van der Waals surface area contributed by atoms with E-state index in [9.17, 15) is 17.6 Å². The summed E-state index contributed by atoms with van der Waals surface area (Å²) in [5, 5.41) is 2.36. The Hall–Kier alpha value is -2.22. The first-order chi connectivity index (χ1) is 10.4. The molecule has 6 nitrogen and oxygen atoms in total. The standard InChI is InChI=1S/C14H15FN2O4S/c1-16-13(18)6-7-22(19,20)9-12-8-21-14(17-12)10-2-4-11(15)5-3-10/h2-5,8H,6-7,9H2,1H3,(H,16,18). The number of halogens is 1. The quantitative estimate of drug-likeness (QED) is 0.869. The molecule has 0 aliphatic rings. The molecule has 1 N–H and O–H groups in total. The van der Waals surface area contributed by atoms with Gasteiger partial charge in [-0.15, -0.1) is 0 Å². The van der Waals surface area contributed by atoms with E-state index >= 15 is 0 Å². The van der Waals surface area contributed by atoms with Crippen molar-refractivity contribution in [3.8, 4) is 11.5 Å². The van der Waals surface area contributed by atoms with Crippen LogP contribution in [0.3, 0.4) is 0 Å². The van der Waals surface area contributed by atoms with Crippen LogP contribution in [0.5, 0.6) is 0 Å². The fourth-order valence-corrected chi connectivity index (χ4v) is 2.99. The van der Waals surface area contributed by atoms with Crippen LogP contribution < -0.4 is 5.32 Å². The lowest BCUT2D eigenvalue weighted by atomic mass is 10.2. The Morgan fingerprint density at radius 3 is 2.64 bits per heavy atom. The largest absolute Gasteiger partial charge is 0.444 e. The zero-order valence-corrected chi connectivity index (χ0v) is 12.7. The van der Waals surface area contributed by atoms with E-state index in [-0.39, 0.29) is 41.2 Å². The molecule has 0 fully saturated rings. The first-order valence-electron chi connectivity index (χ1n) is 6.51. The smallest absolute Gasteiger partial charge is 0.226 e. The van der Waals surface area contributed by atoms with Crippen molar-refractivity contribution >= 4 is 15.7 Å². The van der Waals surface area contributed by atoms with E-state index < -0.39 is 9.84 Å². The molecule has 0 saturated heterocycles. The molecule has 0 bridgehead atoms. The van der Waals surface area contributed by atoms with Crippen molar-refractivity contribution in [3.05, 3.63) is 42.0 Å². The van der Waals surface area contributed by atoms with Crippen LogP contribution in [0.2, 0.25) is 0 Å². The van der Waals surface area contributed by atoms with Crippen LogP contribution in [-0.4, -0.2) is 32.1 Å². The highest BCUT2D eigenvalue weighted by atomic mass is 32.2. The SMILES string of the molecule is CNC(=O)CCS(=O)(=O)Cc1coc(-c2ccc(F)cc2)n1. The summed E-state index contributed by atoms with van der Waals surface area (Å²) in [7, 11) is -2.01. The van der Waals surface area contributed by atoms with E-state index in [0.29, 0.717) is 5.56 Å². The number of rotatable bonds is 6. The summed E-state index contributed by atoms with van der Waals surface area (Å²) in [6.07, 6.45) is 1.15. The number of sulfone groups is 1. The van der Waals surface area contributed by atoms with E-state index in [1.165, 1.54) is 37.6 Å². The van der Waals surface area contributed by atoms with Gasteiger partial charge in [0.15, 0.2) is 9.84 Å². The molecule has 1 aromatic heterocycles. The first kappa shape index (κ1) is 16.2. The average molecular weight is 326 g/mol. The Kier molecular flexibility index (Phi) is 4.92. The fraction of sp³-hybridized carbons (Fsp3) is 0.286. The molecule has 0 spiro atoms. The van der Waals surface area contributed by atoms with Gasteiger partial charge < -0.3 is 9.73 Å². The molecule has 1 aromatic carbocycles. The van der Waals surface area contributed by atoms with Gasteiger partial charge in [0.05, 0.1) is 17.2 Å². The monoisotopic (exact) mass is 326 g/mol. The van der Waals surface area contributed by atoms with E-state index in [4.69, 9.17) is 4.42 Å². The van der Waals surface area contributed by atoms with Gasteiger partial charge in [-0.2, -0.15) is 0 Å². The Bertz CT molecular complexity index is 753. The van der Waals surface area contributed by atoms with E-state index in [0.717, 1.165) is 0 Å². The number of carbonyl (C=O) groups excluding carboxylic acids is 1. The second-order valence-electron chi connectivity index (χ2n) is 4.67. The summed E-state index contributed by atoms with van der Waals surface area (Å²) in [6, 6.07) is 5.51. The molecule has 2 aromatic rings. The maximum absolute atomic E-state index is 12.8. The van der Waals surface area contributed by atoms with Crippen molar-refractivity contribution in [3.63, 3.8) is 0 Å². The molecule has 0 atom stereocenters. The molecule has 22 heavy (non-hydrogen) atoms. The average Bonchev–Trinajstić information content (AvgIpc) is 2.93. The third kappa shape index (κ3) is 4.39. The highest BCUT2D eigenvalue weighted by Crippen LogP contribution is 2.20. The first-order valence-corrected chi connectivity index (χ1v) is 8.33. The van der Waals surface area contributed by atoms with Crippen molar-refractivity contribution in [1.29, 1.82) is 0 Å². The number of carbonyl (C=O) groups is 1. The van der Waals surface area contributed by atoms with E-state index in [2.05, 4.69) is 10.3 Å². The highest BCUT2D eigenvalue weighted by Gasteiger charge is 2.17. The van der Waals surface area contributed by atoms with Crippen LogP contribution in [0.25, 0.3) is 11.5 Å². The summed E-state index contributed by atoms with van der Waals surface area (Å²) >= 11 is 0. The minimum atomic E-state index is -3.46. The molecule has 0 radical (unpaired) electrons. The van der Waals surface area contributed by atoms with Crippen molar-refractivity contribution < 1.29 is 22.0 Å². The molecule has 2 rings (SSSR count). The number of hydrogen-bond donors (Lipinski definition) is 1. The van der Waals surface area contributed by atoms with Gasteiger partial charge in [-0.3, -0.25) is 4.79 Å². The molecule has 1 heterocycles. The van der Waals surface area contributed by atoms with Gasteiger partial charge in [-0.05, 0) is 24.3 Å². The Morgan fingerprint density at radius 2 is 2.00 bits per heavy atom. The third-order valence-electron chi connectivity index (χ3n) is 2.93. The topological polar surface area (TPSA) is 89.3 Å². The summed E-state index contributed by atoms with van der Waals surface area (Å²) in [5.74, 6) is -1.07. The van der Waals surface area contributed by atoms with Crippen molar-refractivity contribution in [2.75, 3.05) is 12.8 Å². The number of hydrogen-bond acceptors (Lipinski definition) is 5. The van der Waals surface area contributed by atoms with Crippen LogP contribution in [0.15, 0.2) is 34.9 Å². The van der Waals surface area contributed by atoms with Crippen LogP contribution in [0.4, 0.5) is 4.39 Å². The summed E-state index contributed by atoms with van der Waals surface area (Å²) < 4.78 is 41.9. The summed E-state index contributed by atoms with van der Waals surface area (Å²) in [4.78, 5) is 15.2. The predicted octanol–water partition coefficient (Wildman–Crippen LogP) is 1.53. The van der Waals surface area contributed by atoms with E-state index in [1.54, 1.807) is 0 Å². The molecular formula is C14H15FN2O4S. The second kappa shape index (κ2) is 6.69. The predicted molar refractivity (Wildman–Crippen MR) is 78.1 cm³/mol. The minimum absolute atomic E-state index is 0.0957. The van der Waals surface area contributed by atoms with Crippen LogP contribution in [-0.2, 0) is 20.4 Å². The molecule has 1 amide bonds. The number of amides is 1. The second-order valence-corrected chi connectivity index (χ2v) is 6.85. The van der Waals surface area contributed by atoms with Crippen molar-refractivity contribution in [1.82, 2.24) is 10.3 Å². The zero-order valence-electron chi connectivity index (χ0n) is 11.9. The Labute approximate surface area is 127 Å². The van der Waals surface area contributed by atoms with Gasteiger partial charge in [0.2, 0.25) is 11.8 Å². The van der Waals surface area contributed by atoms with Gasteiger partial charge in [0, 0.05) is 19.0 Å². The lowest BCUT2D eigenvalue weighted by molar-refractivity contribution is -0.120. The minimum Gasteiger partial charge on any atom is -0.444 e. The maximum Gasteiger partial charge on any atom is 0.226 e. The third-order valence-corrected chi connectivity index (χ3v) is 4.49. The molecule has 0 saturated carbocycles. The summed E-state index contributed by atoms with van der Waals surface area (Å²) in [5.41, 5.74) is 0.798. The number of nitrogens with one attached hydrogen (secondary N) is 1. The van der Waals surface area contributed by atoms with Crippen LogP contribution in [0, 0.1) is 5.82 Å². The highest BCUT2D eigenvalue weighted by molar-refractivity contribution is 7.90. The Morgan fingerprint density at radius 1 is 1.32 bits per heavy atom. The van der Waals surface area contributed by atoms with Gasteiger partial charge in [0.1, 0.15) is 12.1 Å². The van der Waals surface area contributed by atoms with Gasteiger partial charge in [-0.25, -0.2) is 17.8 Å². The molecule has 118 valence electrons. The number of oxazole rings is 1. The zero-order chi connectivity index (χ0) is 16.2. The number of benzene rings is 1. The van der Waals surface area contributed by atoms with Gasteiger partial charge in [-0.1, -0.05) is 0 Å². The molecule has 0 unspecified atom stereocenters. The Balaban J connectivity index is 2.05. The van der Waals surface area contributed by atoms with Crippen LogP contribution in [0.1, 0.15) is 12.1 Å².